The molecule has 0 amide bonds. The third-order valence-electron chi connectivity index (χ3n) is 2.83. The van der Waals surface area contributed by atoms with Crippen molar-refractivity contribution in [1.29, 1.82) is 0 Å². The van der Waals surface area contributed by atoms with Crippen LogP contribution in [-0.4, -0.2) is 88.6 Å². The molecule has 0 atom stereocenters. The molecule has 24 heavy (non-hydrogen) atoms. The summed E-state index contributed by atoms with van der Waals surface area (Å²) in [5, 5.41) is 15.7. The summed E-state index contributed by atoms with van der Waals surface area (Å²) in [6.07, 6.45) is 0. The van der Waals surface area contributed by atoms with Gasteiger partial charge in [-0.15, -0.1) is 0 Å². The molecular weight excluding hydrogens is 328 g/mol. The number of carbonyl (C=O) groups is 2. The van der Waals surface area contributed by atoms with Gasteiger partial charge in [0.1, 0.15) is 26.4 Å². The summed E-state index contributed by atoms with van der Waals surface area (Å²) in [7, 11) is 6.03. The summed E-state index contributed by atoms with van der Waals surface area (Å²) in [4.78, 5) is 20.2. The highest BCUT2D eigenvalue weighted by atomic mass is 16.9. The van der Waals surface area contributed by atoms with Gasteiger partial charge in [0.25, 0.3) is 11.9 Å². The van der Waals surface area contributed by atoms with Crippen molar-refractivity contribution in [2.75, 3.05) is 54.9 Å². The minimum Gasteiger partial charge on any atom is -0.388 e. The van der Waals surface area contributed by atoms with Crippen LogP contribution in [-0.2, 0) is 38.0 Å². The Bertz CT molecular complexity index is 329. The summed E-state index contributed by atoms with van der Waals surface area (Å²) < 4.78 is 29.1. The second kappa shape index (κ2) is 13.3. The lowest BCUT2D eigenvalue weighted by atomic mass is 10.4. The van der Waals surface area contributed by atoms with Gasteiger partial charge in [0.05, 0.1) is 0 Å². The number of Topliss-reactive ketones (excluding diaryl/α,β-unsaturated/α-hetero) is 2. The van der Waals surface area contributed by atoms with E-state index in [1.807, 2.05) is 0 Å². The number of aliphatic hydroxyl groups excluding tert-OH is 2. The van der Waals surface area contributed by atoms with Gasteiger partial charge < -0.3 is 38.6 Å². The van der Waals surface area contributed by atoms with Crippen LogP contribution in [0.3, 0.4) is 0 Å². The van der Waals surface area contributed by atoms with Gasteiger partial charge in [0.15, 0.2) is 11.6 Å². The van der Waals surface area contributed by atoms with Crippen LogP contribution in [0.4, 0.5) is 0 Å². The number of ketones is 2. The fourth-order valence-electron chi connectivity index (χ4n) is 0.924. The van der Waals surface area contributed by atoms with E-state index in [-0.39, 0.29) is 19.0 Å². The van der Waals surface area contributed by atoms with Crippen LogP contribution in [0.15, 0.2) is 0 Å². The lowest BCUT2D eigenvalue weighted by molar-refractivity contribution is -0.366. The predicted molar refractivity (Wildman–Crippen MR) is 80.9 cm³/mol. The first-order valence-electron chi connectivity index (χ1n) is 6.89. The maximum Gasteiger partial charge on any atom is 0.280 e. The van der Waals surface area contributed by atoms with E-state index in [0.717, 1.165) is 0 Å². The average Bonchev–Trinajstić information content (AvgIpc) is 2.64. The molecule has 1 rings (SSSR count). The number of rotatable bonds is 6. The standard InChI is InChI=1S/C6H10O4.C5H12O3.C3H6O3/c1-6(8-2)9-3-5(7)4-10-6;1-5(6-2,7-3)8-4;4-1-3(6)2-5/h3-4H2,1-2H3;1-4H3;4-5H,1-2H2. The van der Waals surface area contributed by atoms with Crippen LogP contribution < -0.4 is 0 Å². The Kier molecular flexibility index (Phi) is 14.0. The van der Waals surface area contributed by atoms with E-state index >= 15 is 0 Å². The molecule has 0 radical (unpaired) electrons. The van der Waals surface area contributed by atoms with E-state index in [0.29, 0.717) is 0 Å². The number of carbonyl (C=O) groups excluding carboxylic acids is 2. The monoisotopic (exact) mass is 356 g/mol. The Balaban J connectivity index is 0. The van der Waals surface area contributed by atoms with Gasteiger partial charge in [0, 0.05) is 42.3 Å². The van der Waals surface area contributed by atoms with E-state index in [1.165, 1.54) is 28.4 Å². The Labute approximate surface area is 141 Å². The highest BCUT2D eigenvalue weighted by Gasteiger charge is 2.31. The summed E-state index contributed by atoms with van der Waals surface area (Å²) in [6.45, 7) is 2.34. The van der Waals surface area contributed by atoms with Crippen molar-refractivity contribution < 1.29 is 48.2 Å². The van der Waals surface area contributed by atoms with Gasteiger partial charge in [-0.05, 0) is 0 Å². The predicted octanol–water partition coefficient (Wildman–Crippen LogP) is -0.938. The topological polar surface area (TPSA) is 130 Å². The maximum absolute atomic E-state index is 10.6. The van der Waals surface area contributed by atoms with Crippen LogP contribution in [0.2, 0.25) is 0 Å². The molecule has 1 heterocycles. The highest BCUT2D eigenvalue weighted by Crippen LogP contribution is 2.16. The first kappa shape index (κ1) is 25.3. The molecule has 0 aromatic rings. The van der Waals surface area contributed by atoms with Crippen molar-refractivity contribution in [1.82, 2.24) is 0 Å². The molecule has 0 aromatic carbocycles. The molecule has 1 aliphatic rings. The molecule has 0 unspecified atom stereocenters. The molecule has 1 aliphatic heterocycles. The van der Waals surface area contributed by atoms with Crippen LogP contribution in [0.5, 0.6) is 0 Å². The van der Waals surface area contributed by atoms with Crippen LogP contribution >= 0.6 is 0 Å². The molecule has 0 spiro atoms. The molecule has 10 heteroatoms. The van der Waals surface area contributed by atoms with E-state index in [9.17, 15) is 9.59 Å². The lowest BCUT2D eigenvalue weighted by Crippen LogP contribution is -2.43. The SMILES string of the molecule is COC(C)(OC)OC.COC1(C)OCC(=O)CO1.O=C(CO)CO. The Morgan fingerprint density at radius 3 is 1.62 bits per heavy atom. The summed E-state index contributed by atoms with van der Waals surface area (Å²) in [6, 6.07) is 0. The summed E-state index contributed by atoms with van der Waals surface area (Å²) >= 11 is 0. The van der Waals surface area contributed by atoms with Crippen molar-refractivity contribution in [2.24, 2.45) is 0 Å². The van der Waals surface area contributed by atoms with Gasteiger partial charge in [-0.2, -0.15) is 0 Å². The number of hydrogen-bond donors (Lipinski definition) is 2. The van der Waals surface area contributed by atoms with E-state index < -0.39 is 30.9 Å². The van der Waals surface area contributed by atoms with Crippen LogP contribution in [0.25, 0.3) is 0 Å². The van der Waals surface area contributed by atoms with Crippen molar-refractivity contribution in [3.63, 3.8) is 0 Å². The van der Waals surface area contributed by atoms with Gasteiger partial charge >= 0.3 is 0 Å². The molecule has 0 aliphatic carbocycles. The van der Waals surface area contributed by atoms with Crippen molar-refractivity contribution in [3.8, 4) is 0 Å². The molecule has 0 saturated carbocycles. The molecule has 0 bridgehead atoms. The number of aliphatic hydroxyl groups is 2. The quantitative estimate of drug-likeness (QED) is 0.575. The largest absolute Gasteiger partial charge is 0.388 e. The second-order valence-electron chi connectivity index (χ2n) is 4.51. The summed E-state index contributed by atoms with van der Waals surface area (Å²) in [5.74, 6) is -2.50. The third-order valence-corrected chi connectivity index (χ3v) is 2.83. The molecule has 144 valence electrons. The van der Waals surface area contributed by atoms with Crippen LogP contribution in [0.1, 0.15) is 13.8 Å². The van der Waals surface area contributed by atoms with E-state index in [1.54, 1.807) is 13.8 Å². The summed E-state index contributed by atoms with van der Waals surface area (Å²) in [5.41, 5.74) is 0. The van der Waals surface area contributed by atoms with Crippen molar-refractivity contribution in [2.45, 2.75) is 25.8 Å². The fourth-order valence-corrected chi connectivity index (χ4v) is 0.924. The van der Waals surface area contributed by atoms with Crippen LogP contribution in [0, 0.1) is 0 Å². The molecule has 1 saturated heterocycles. The molecule has 0 aromatic heterocycles. The number of methoxy groups -OCH3 is 4. The maximum atomic E-state index is 10.6. The fraction of sp³-hybridized carbons (Fsp3) is 0.857. The van der Waals surface area contributed by atoms with E-state index in [4.69, 9.17) is 38.6 Å². The highest BCUT2D eigenvalue weighted by molar-refractivity contribution is 5.81. The van der Waals surface area contributed by atoms with Gasteiger partial charge in [0.2, 0.25) is 0 Å². The van der Waals surface area contributed by atoms with Gasteiger partial charge in [-0.1, -0.05) is 0 Å². The Hall–Kier alpha value is -0.980. The zero-order valence-corrected chi connectivity index (χ0v) is 15.0. The normalized spacial score (nSPS) is 16.4. The Morgan fingerprint density at radius 1 is 1.08 bits per heavy atom. The van der Waals surface area contributed by atoms with Gasteiger partial charge in [-0.25, -0.2) is 0 Å². The van der Waals surface area contributed by atoms with Crippen molar-refractivity contribution in [3.05, 3.63) is 0 Å². The number of hydrogen-bond acceptors (Lipinski definition) is 10. The molecule has 10 nitrogen and oxygen atoms in total. The third kappa shape index (κ3) is 11.5. The second-order valence-corrected chi connectivity index (χ2v) is 4.51. The first-order valence-corrected chi connectivity index (χ1v) is 6.89. The zero-order valence-electron chi connectivity index (χ0n) is 15.0. The lowest BCUT2D eigenvalue weighted by Gasteiger charge is -2.30. The molecule has 1 fully saturated rings. The smallest absolute Gasteiger partial charge is 0.280 e. The average molecular weight is 356 g/mol. The Morgan fingerprint density at radius 2 is 1.46 bits per heavy atom. The molecule has 2 N–H and O–H groups in total. The number of ether oxygens (including phenoxy) is 6. The minimum absolute atomic E-state index is 0.0606. The minimum atomic E-state index is -1.02. The van der Waals surface area contributed by atoms with Crippen molar-refractivity contribution >= 4 is 11.6 Å². The zero-order chi connectivity index (χ0) is 19.2. The van der Waals surface area contributed by atoms with Gasteiger partial charge in [-0.3, -0.25) is 9.59 Å². The molecular formula is C14H28O10. The first-order chi connectivity index (χ1) is 11.2. The van der Waals surface area contributed by atoms with E-state index in [2.05, 4.69) is 0 Å².